The van der Waals surface area contributed by atoms with Crippen LogP contribution in [0.5, 0.6) is 0 Å². The monoisotopic (exact) mass is 292 g/mol. The van der Waals surface area contributed by atoms with E-state index in [0.29, 0.717) is 26.2 Å². The van der Waals surface area contributed by atoms with Gasteiger partial charge in [0.1, 0.15) is 0 Å². The molecule has 1 aromatic rings. The summed E-state index contributed by atoms with van der Waals surface area (Å²) in [6.45, 7) is 1.82. The molecule has 1 heterocycles. The number of carbonyl (C=O) groups excluding carboxylic acids is 1. The molecule has 6 nitrogen and oxygen atoms in total. The maximum Gasteiger partial charge on any atom is 0.335 e. The quantitative estimate of drug-likeness (QED) is 0.859. The first-order valence-electron chi connectivity index (χ1n) is 6.98. The molecule has 21 heavy (non-hydrogen) atoms. The Kier molecular flexibility index (Phi) is 5.16. The fourth-order valence-corrected chi connectivity index (χ4v) is 2.25. The minimum Gasteiger partial charge on any atom is -0.478 e. The van der Waals surface area contributed by atoms with Crippen LogP contribution in [0.2, 0.25) is 0 Å². The first-order valence-corrected chi connectivity index (χ1v) is 6.98. The van der Waals surface area contributed by atoms with Crippen LogP contribution in [0.1, 0.15) is 22.3 Å². The van der Waals surface area contributed by atoms with Gasteiger partial charge in [-0.2, -0.15) is 0 Å². The third-order valence-electron chi connectivity index (χ3n) is 3.66. The lowest BCUT2D eigenvalue weighted by atomic mass is 10.1. The molecule has 1 fully saturated rings. The number of carboxylic acids is 1. The Labute approximate surface area is 123 Å². The Morgan fingerprint density at radius 2 is 2.10 bits per heavy atom. The van der Waals surface area contributed by atoms with Crippen LogP contribution in [-0.4, -0.2) is 54.9 Å². The molecular formula is C15H20N2O4. The summed E-state index contributed by atoms with van der Waals surface area (Å²) in [5.74, 6) is -0.935. The number of rotatable bonds is 5. The fraction of sp³-hybridized carbons (Fsp3) is 0.467. The number of urea groups is 1. The minimum atomic E-state index is -0.935. The Balaban J connectivity index is 1.75. The van der Waals surface area contributed by atoms with Gasteiger partial charge in [0.05, 0.1) is 18.2 Å². The number of amides is 2. The molecule has 0 radical (unpaired) electrons. The van der Waals surface area contributed by atoms with Crippen LogP contribution in [-0.2, 0) is 11.2 Å². The molecule has 1 aliphatic heterocycles. The number of likely N-dealkylation sites (N-methyl/N-ethyl adjacent to an activating group) is 1. The second-order valence-corrected chi connectivity index (χ2v) is 5.11. The van der Waals surface area contributed by atoms with Gasteiger partial charge >= 0.3 is 12.0 Å². The predicted octanol–water partition coefficient (Wildman–Crippen LogP) is 1.36. The second-order valence-electron chi connectivity index (χ2n) is 5.11. The second kappa shape index (κ2) is 7.08. The van der Waals surface area contributed by atoms with E-state index in [4.69, 9.17) is 9.84 Å². The number of nitrogens with zero attached hydrogens (tertiary/aromatic N) is 1. The summed E-state index contributed by atoms with van der Waals surface area (Å²) in [5.41, 5.74) is 1.26. The van der Waals surface area contributed by atoms with Gasteiger partial charge in [-0.1, -0.05) is 12.1 Å². The van der Waals surface area contributed by atoms with E-state index >= 15 is 0 Å². The normalized spacial score (nSPS) is 17.5. The smallest absolute Gasteiger partial charge is 0.335 e. The highest BCUT2D eigenvalue weighted by molar-refractivity contribution is 5.87. The number of ether oxygens (including phenoxy) is 1. The molecule has 0 aromatic heterocycles. The van der Waals surface area contributed by atoms with Crippen molar-refractivity contribution in [1.82, 2.24) is 10.2 Å². The number of carbonyl (C=O) groups is 2. The zero-order valence-electron chi connectivity index (χ0n) is 12.0. The van der Waals surface area contributed by atoms with Crippen LogP contribution >= 0.6 is 0 Å². The molecule has 2 amide bonds. The van der Waals surface area contributed by atoms with E-state index in [9.17, 15) is 9.59 Å². The number of hydrogen-bond donors (Lipinski definition) is 2. The molecule has 2 rings (SSSR count). The molecule has 1 unspecified atom stereocenters. The maximum atomic E-state index is 11.9. The Morgan fingerprint density at radius 3 is 2.67 bits per heavy atom. The van der Waals surface area contributed by atoms with E-state index in [1.54, 1.807) is 36.2 Å². The molecule has 0 aliphatic carbocycles. The van der Waals surface area contributed by atoms with Crippen molar-refractivity contribution in [2.24, 2.45) is 0 Å². The summed E-state index contributed by atoms with van der Waals surface area (Å²) in [6, 6.07) is 6.73. The summed E-state index contributed by atoms with van der Waals surface area (Å²) in [4.78, 5) is 24.4. The summed E-state index contributed by atoms with van der Waals surface area (Å²) in [6.07, 6.45) is 1.54. The van der Waals surface area contributed by atoms with Gasteiger partial charge in [0.25, 0.3) is 0 Å². The molecule has 1 aliphatic rings. The van der Waals surface area contributed by atoms with Crippen LogP contribution in [0.4, 0.5) is 4.79 Å². The average molecular weight is 292 g/mol. The zero-order chi connectivity index (χ0) is 15.2. The van der Waals surface area contributed by atoms with E-state index < -0.39 is 5.97 Å². The van der Waals surface area contributed by atoms with E-state index in [1.807, 2.05) is 0 Å². The van der Waals surface area contributed by atoms with Crippen molar-refractivity contribution in [1.29, 1.82) is 0 Å². The third kappa shape index (κ3) is 4.19. The highest BCUT2D eigenvalue weighted by Gasteiger charge is 2.23. The lowest BCUT2D eigenvalue weighted by Gasteiger charge is -2.23. The lowest BCUT2D eigenvalue weighted by Crippen LogP contribution is -2.44. The van der Waals surface area contributed by atoms with Gasteiger partial charge in [-0.15, -0.1) is 0 Å². The van der Waals surface area contributed by atoms with Crippen molar-refractivity contribution < 1.29 is 19.4 Å². The molecular weight excluding hydrogens is 272 g/mol. The average Bonchev–Trinajstić information content (AvgIpc) is 3.01. The lowest BCUT2D eigenvalue weighted by molar-refractivity contribution is 0.0697. The van der Waals surface area contributed by atoms with E-state index in [0.717, 1.165) is 12.0 Å². The molecule has 0 bridgehead atoms. The largest absolute Gasteiger partial charge is 0.478 e. The van der Waals surface area contributed by atoms with Gasteiger partial charge in [0.2, 0.25) is 0 Å². The summed E-state index contributed by atoms with van der Waals surface area (Å²) in [5, 5.41) is 11.7. The molecule has 0 spiro atoms. The minimum absolute atomic E-state index is 0.104. The molecule has 0 saturated carbocycles. The summed E-state index contributed by atoms with van der Waals surface area (Å²) in [7, 11) is 1.77. The number of hydrogen-bond acceptors (Lipinski definition) is 3. The van der Waals surface area contributed by atoms with Gasteiger partial charge < -0.3 is 20.1 Å². The SMILES string of the molecule is CN(C(=O)NCCc1ccc(C(=O)O)cc1)C1CCOC1. The third-order valence-corrected chi connectivity index (χ3v) is 3.66. The summed E-state index contributed by atoms with van der Waals surface area (Å²) < 4.78 is 5.26. The molecule has 1 atom stereocenters. The summed E-state index contributed by atoms with van der Waals surface area (Å²) >= 11 is 0. The van der Waals surface area contributed by atoms with Crippen LogP contribution < -0.4 is 5.32 Å². The van der Waals surface area contributed by atoms with Crippen molar-refractivity contribution in [2.45, 2.75) is 18.9 Å². The van der Waals surface area contributed by atoms with Crippen molar-refractivity contribution in [3.8, 4) is 0 Å². The van der Waals surface area contributed by atoms with Crippen molar-refractivity contribution in [3.63, 3.8) is 0 Å². The van der Waals surface area contributed by atoms with Crippen LogP contribution in [0.3, 0.4) is 0 Å². The highest BCUT2D eigenvalue weighted by atomic mass is 16.5. The maximum absolute atomic E-state index is 11.9. The first-order chi connectivity index (χ1) is 10.1. The van der Waals surface area contributed by atoms with E-state index in [1.165, 1.54) is 0 Å². The zero-order valence-corrected chi connectivity index (χ0v) is 12.0. The van der Waals surface area contributed by atoms with Crippen molar-refractivity contribution >= 4 is 12.0 Å². The van der Waals surface area contributed by atoms with Crippen LogP contribution in [0.15, 0.2) is 24.3 Å². The van der Waals surface area contributed by atoms with E-state index in [-0.39, 0.29) is 17.6 Å². The number of benzene rings is 1. The van der Waals surface area contributed by atoms with Crippen molar-refractivity contribution in [3.05, 3.63) is 35.4 Å². The Hall–Kier alpha value is -2.08. The Morgan fingerprint density at radius 1 is 1.38 bits per heavy atom. The molecule has 6 heteroatoms. The topological polar surface area (TPSA) is 78.9 Å². The van der Waals surface area contributed by atoms with Gasteiger partial charge in [0.15, 0.2) is 0 Å². The standard InChI is InChI=1S/C15H20N2O4/c1-17(13-7-9-21-10-13)15(20)16-8-6-11-2-4-12(5-3-11)14(18)19/h2-5,13H,6-10H2,1H3,(H,16,20)(H,18,19). The Bertz CT molecular complexity index is 495. The molecule has 114 valence electrons. The molecule has 1 saturated heterocycles. The van der Waals surface area contributed by atoms with Crippen molar-refractivity contribution in [2.75, 3.05) is 26.8 Å². The van der Waals surface area contributed by atoms with Gasteiger partial charge in [-0.25, -0.2) is 9.59 Å². The van der Waals surface area contributed by atoms with Crippen LogP contribution in [0, 0.1) is 0 Å². The first kappa shape index (κ1) is 15.3. The predicted molar refractivity (Wildman–Crippen MR) is 77.5 cm³/mol. The fourth-order valence-electron chi connectivity index (χ4n) is 2.25. The number of carboxylic acid groups (broad SMARTS) is 1. The van der Waals surface area contributed by atoms with E-state index in [2.05, 4.69) is 5.32 Å². The molecule has 2 N–H and O–H groups in total. The van der Waals surface area contributed by atoms with Gasteiger partial charge in [-0.05, 0) is 30.5 Å². The number of aromatic carboxylic acids is 1. The van der Waals surface area contributed by atoms with Gasteiger partial charge in [0, 0.05) is 20.2 Å². The van der Waals surface area contributed by atoms with Crippen LogP contribution in [0.25, 0.3) is 0 Å². The van der Waals surface area contributed by atoms with Gasteiger partial charge in [-0.3, -0.25) is 0 Å². The highest BCUT2D eigenvalue weighted by Crippen LogP contribution is 2.10. The number of nitrogens with one attached hydrogen (secondary N) is 1. The molecule has 1 aromatic carbocycles.